The fourth-order valence-electron chi connectivity index (χ4n) is 1.80. The van der Waals surface area contributed by atoms with Crippen molar-refractivity contribution in [1.82, 2.24) is 5.43 Å². The molecule has 0 fully saturated rings. The number of amides is 2. The predicted octanol–water partition coefficient (Wildman–Crippen LogP) is 2.99. The third kappa shape index (κ3) is 4.93. The number of benzene rings is 2. The molecule has 0 aliphatic rings. The first kappa shape index (κ1) is 16.7. The van der Waals surface area contributed by atoms with Crippen LogP contribution in [0.2, 0.25) is 5.02 Å². The maximum Gasteiger partial charge on any atom is 0.329 e. The van der Waals surface area contributed by atoms with E-state index in [4.69, 9.17) is 11.6 Å². The molecule has 2 amide bonds. The molecular formula is C17H16ClN3O2. The second-order valence-corrected chi connectivity index (χ2v) is 5.14. The van der Waals surface area contributed by atoms with Crippen molar-refractivity contribution in [3.63, 3.8) is 0 Å². The fraction of sp³-hybridized carbons (Fsp3) is 0.118. The Labute approximate surface area is 139 Å². The molecule has 2 aromatic carbocycles. The summed E-state index contributed by atoms with van der Waals surface area (Å²) in [6.45, 7) is 2.07. The van der Waals surface area contributed by atoms with Crippen LogP contribution >= 0.6 is 11.6 Å². The maximum atomic E-state index is 11.7. The van der Waals surface area contributed by atoms with Crippen molar-refractivity contribution in [3.8, 4) is 0 Å². The van der Waals surface area contributed by atoms with Crippen LogP contribution in [0.3, 0.4) is 0 Å². The molecule has 0 aliphatic heterocycles. The summed E-state index contributed by atoms with van der Waals surface area (Å²) >= 11 is 5.91. The second kappa shape index (κ2) is 8.10. The van der Waals surface area contributed by atoms with E-state index in [1.54, 1.807) is 24.3 Å². The Morgan fingerprint density at radius 3 is 2.43 bits per heavy atom. The minimum absolute atomic E-state index is 0.355. The van der Waals surface area contributed by atoms with Gasteiger partial charge in [-0.2, -0.15) is 5.10 Å². The monoisotopic (exact) mass is 329 g/mol. The molecule has 2 rings (SSSR count). The Morgan fingerprint density at radius 2 is 1.78 bits per heavy atom. The molecule has 0 saturated heterocycles. The highest BCUT2D eigenvalue weighted by Crippen LogP contribution is 2.20. The molecule has 23 heavy (non-hydrogen) atoms. The summed E-state index contributed by atoms with van der Waals surface area (Å²) in [4.78, 5) is 23.4. The van der Waals surface area contributed by atoms with Gasteiger partial charge in [0.15, 0.2) is 0 Å². The number of halogens is 1. The van der Waals surface area contributed by atoms with E-state index in [0.29, 0.717) is 10.7 Å². The lowest BCUT2D eigenvalue weighted by Gasteiger charge is -2.05. The van der Waals surface area contributed by atoms with Crippen LogP contribution in [0.25, 0.3) is 0 Å². The van der Waals surface area contributed by atoms with E-state index in [-0.39, 0.29) is 0 Å². The van der Waals surface area contributed by atoms with Crippen molar-refractivity contribution in [2.75, 3.05) is 5.32 Å². The average molecular weight is 330 g/mol. The molecule has 2 aromatic rings. The molecule has 5 nitrogen and oxygen atoms in total. The molecule has 2 N–H and O–H groups in total. The van der Waals surface area contributed by atoms with E-state index >= 15 is 0 Å². The molecule has 0 aromatic heterocycles. The fourth-order valence-corrected chi connectivity index (χ4v) is 1.98. The molecule has 0 radical (unpaired) electrons. The first-order valence-electron chi connectivity index (χ1n) is 7.08. The summed E-state index contributed by atoms with van der Waals surface area (Å²) in [5.41, 5.74) is 4.58. The predicted molar refractivity (Wildman–Crippen MR) is 91.6 cm³/mol. The number of hydrogen-bond donors (Lipinski definition) is 2. The van der Waals surface area contributed by atoms with E-state index in [9.17, 15) is 9.59 Å². The molecule has 118 valence electrons. The summed E-state index contributed by atoms with van der Waals surface area (Å²) in [5.74, 6) is -1.71. The molecule has 0 aliphatic carbocycles. The number of hydrazone groups is 1. The molecular weight excluding hydrogens is 314 g/mol. The van der Waals surface area contributed by atoms with Gasteiger partial charge in [0.2, 0.25) is 0 Å². The number of anilines is 1. The first-order chi connectivity index (χ1) is 11.1. The van der Waals surface area contributed by atoms with Gasteiger partial charge in [-0.3, -0.25) is 9.59 Å². The van der Waals surface area contributed by atoms with Gasteiger partial charge in [0, 0.05) is 0 Å². The third-order valence-corrected chi connectivity index (χ3v) is 3.43. The molecule has 0 spiro atoms. The third-order valence-electron chi connectivity index (χ3n) is 3.10. The van der Waals surface area contributed by atoms with E-state index in [1.807, 2.05) is 24.3 Å². The molecule has 0 unspecified atom stereocenters. The lowest BCUT2D eigenvalue weighted by Crippen LogP contribution is -2.32. The van der Waals surface area contributed by atoms with Crippen LogP contribution in [-0.2, 0) is 16.0 Å². The van der Waals surface area contributed by atoms with Crippen LogP contribution in [0.1, 0.15) is 18.1 Å². The largest absolute Gasteiger partial charge is 0.329 e. The van der Waals surface area contributed by atoms with Crippen LogP contribution in [0.4, 0.5) is 5.69 Å². The van der Waals surface area contributed by atoms with Crippen molar-refractivity contribution in [3.05, 3.63) is 64.7 Å². The van der Waals surface area contributed by atoms with Crippen molar-refractivity contribution in [2.45, 2.75) is 13.3 Å². The van der Waals surface area contributed by atoms with Crippen LogP contribution < -0.4 is 10.7 Å². The zero-order valence-corrected chi connectivity index (χ0v) is 13.3. The van der Waals surface area contributed by atoms with Crippen molar-refractivity contribution in [2.24, 2.45) is 5.10 Å². The minimum atomic E-state index is -0.869. The summed E-state index contributed by atoms with van der Waals surface area (Å²) in [6, 6.07) is 14.4. The highest BCUT2D eigenvalue weighted by atomic mass is 35.5. The van der Waals surface area contributed by atoms with Gasteiger partial charge in [-0.25, -0.2) is 5.43 Å². The van der Waals surface area contributed by atoms with Crippen LogP contribution in [0.15, 0.2) is 53.6 Å². The number of rotatable bonds is 4. The molecule has 0 bridgehead atoms. The molecule has 0 saturated carbocycles. The molecule has 6 heteroatoms. The average Bonchev–Trinajstić information content (AvgIpc) is 2.57. The normalized spacial score (nSPS) is 10.5. The zero-order valence-electron chi connectivity index (χ0n) is 12.5. The van der Waals surface area contributed by atoms with E-state index in [1.165, 1.54) is 11.8 Å². The Bertz CT molecular complexity index is 727. The Hall–Kier alpha value is -2.66. The number of para-hydroxylation sites is 1. The summed E-state index contributed by atoms with van der Waals surface area (Å²) in [6.07, 6.45) is 2.43. The minimum Gasteiger partial charge on any atom is -0.316 e. The Kier molecular flexibility index (Phi) is 5.88. The van der Waals surface area contributed by atoms with Crippen LogP contribution in [-0.4, -0.2) is 18.0 Å². The van der Waals surface area contributed by atoms with Gasteiger partial charge in [-0.1, -0.05) is 54.9 Å². The topological polar surface area (TPSA) is 70.6 Å². The van der Waals surface area contributed by atoms with E-state index < -0.39 is 11.8 Å². The van der Waals surface area contributed by atoms with Crippen molar-refractivity contribution < 1.29 is 9.59 Å². The number of carbonyl (C=O) groups is 2. The lowest BCUT2D eigenvalue weighted by molar-refractivity contribution is -0.136. The maximum absolute atomic E-state index is 11.7. The summed E-state index contributed by atoms with van der Waals surface area (Å²) < 4.78 is 0. The van der Waals surface area contributed by atoms with Crippen LogP contribution in [0, 0.1) is 0 Å². The SMILES string of the molecule is CCc1ccc(/C=N/NC(=O)C(=O)Nc2ccccc2Cl)cc1. The summed E-state index contributed by atoms with van der Waals surface area (Å²) in [7, 11) is 0. The van der Waals surface area contributed by atoms with E-state index in [2.05, 4.69) is 22.8 Å². The quantitative estimate of drug-likeness (QED) is 0.514. The number of nitrogens with zero attached hydrogens (tertiary/aromatic N) is 1. The van der Waals surface area contributed by atoms with E-state index in [0.717, 1.165) is 12.0 Å². The molecule has 0 heterocycles. The Morgan fingerprint density at radius 1 is 1.09 bits per heavy atom. The van der Waals surface area contributed by atoms with Crippen LogP contribution in [0.5, 0.6) is 0 Å². The summed E-state index contributed by atoms with van der Waals surface area (Å²) in [5, 5.41) is 6.54. The van der Waals surface area contributed by atoms with Gasteiger partial charge in [0.05, 0.1) is 16.9 Å². The van der Waals surface area contributed by atoms with Crippen molar-refractivity contribution in [1.29, 1.82) is 0 Å². The van der Waals surface area contributed by atoms with Gasteiger partial charge >= 0.3 is 11.8 Å². The van der Waals surface area contributed by atoms with Gasteiger partial charge in [0.25, 0.3) is 0 Å². The zero-order chi connectivity index (χ0) is 16.7. The molecule has 0 atom stereocenters. The lowest BCUT2D eigenvalue weighted by atomic mass is 10.1. The Balaban J connectivity index is 1.89. The van der Waals surface area contributed by atoms with Gasteiger partial charge in [-0.05, 0) is 29.7 Å². The highest BCUT2D eigenvalue weighted by Gasteiger charge is 2.13. The smallest absolute Gasteiger partial charge is 0.316 e. The number of carbonyl (C=O) groups excluding carboxylic acids is 2. The standard InChI is InChI=1S/C17H16ClN3O2/c1-2-12-7-9-13(10-8-12)11-19-21-17(23)16(22)20-15-6-4-3-5-14(15)18/h3-11H,2H2,1H3,(H,20,22)(H,21,23)/b19-11+. The second-order valence-electron chi connectivity index (χ2n) is 4.73. The number of nitrogens with one attached hydrogen (secondary N) is 2. The van der Waals surface area contributed by atoms with Gasteiger partial charge in [0.1, 0.15) is 0 Å². The number of aryl methyl sites for hydroxylation is 1. The van der Waals surface area contributed by atoms with Gasteiger partial charge in [-0.15, -0.1) is 0 Å². The van der Waals surface area contributed by atoms with Gasteiger partial charge < -0.3 is 5.32 Å². The van der Waals surface area contributed by atoms with Crippen molar-refractivity contribution >= 4 is 35.3 Å². The highest BCUT2D eigenvalue weighted by molar-refractivity contribution is 6.41. The number of hydrogen-bond acceptors (Lipinski definition) is 3. The first-order valence-corrected chi connectivity index (χ1v) is 7.46.